The summed E-state index contributed by atoms with van der Waals surface area (Å²) in [5.74, 6) is -0.114. The van der Waals surface area contributed by atoms with Gasteiger partial charge in [-0.3, -0.25) is 4.79 Å². The van der Waals surface area contributed by atoms with Gasteiger partial charge in [-0.1, -0.05) is 28.9 Å². The molecule has 6 nitrogen and oxygen atoms in total. The third-order valence-corrected chi connectivity index (χ3v) is 4.45. The van der Waals surface area contributed by atoms with Crippen LogP contribution in [0.3, 0.4) is 0 Å². The lowest BCUT2D eigenvalue weighted by Crippen LogP contribution is -2.25. The zero-order valence-electron chi connectivity index (χ0n) is 14.3. The van der Waals surface area contributed by atoms with Crippen molar-refractivity contribution < 1.29 is 4.79 Å². The van der Waals surface area contributed by atoms with E-state index in [-0.39, 0.29) is 5.91 Å². The molecular formula is C20H16ClN5O. The molecule has 1 N–H and O–H groups in total. The van der Waals surface area contributed by atoms with Gasteiger partial charge in [0.05, 0.1) is 5.69 Å². The Bertz CT molecular complexity index is 1070. The molecule has 2 aromatic carbocycles. The van der Waals surface area contributed by atoms with E-state index >= 15 is 0 Å². The molecule has 0 unspecified atom stereocenters. The monoisotopic (exact) mass is 377 g/mol. The molecule has 0 aliphatic heterocycles. The Hall–Kier alpha value is -3.25. The summed E-state index contributed by atoms with van der Waals surface area (Å²) < 4.78 is 1.65. The predicted molar refractivity (Wildman–Crippen MR) is 104 cm³/mol. The third kappa shape index (κ3) is 3.80. The van der Waals surface area contributed by atoms with E-state index < -0.39 is 0 Å². The van der Waals surface area contributed by atoms with Gasteiger partial charge in [0.15, 0.2) is 5.65 Å². The normalized spacial score (nSPS) is 10.9. The highest BCUT2D eigenvalue weighted by atomic mass is 35.5. The van der Waals surface area contributed by atoms with Crippen molar-refractivity contribution in [2.24, 2.45) is 0 Å². The molecule has 0 radical (unpaired) electrons. The molecular weight excluding hydrogens is 362 g/mol. The first-order valence-corrected chi connectivity index (χ1v) is 8.88. The summed E-state index contributed by atoms with van der Waals surface area (Å²) in [7, 11) is 0. The molecule has 2 heterocycles. The first kappa shape index (κ1) is 17.2. The smallest absolute Gasteiger partial charge is 0.251 e. The fourth-order valence-corrected chi connectivity index (χ4v) is 2.89. The van der Waals surface area contributed by atoms with E-state index in [1.165, 1.54) is 0 Å². The Labute approximate surface area is 160 Å². The maximum absolute atomic E-state index is 12.3. The van der Waals surface area contributed by atoms with E-state index in [1.54, 1.807) is 23.0 Å². The van der Waals surface area contributed by atoms with Crippen LogP contribution >= 0.6 is 11.6 Å². The fourth-order valence-electron chi connectivity index (χ4n) is 2.77. The maximum Gasteiger partial charge on any atom is 0.251 e. The van der Waals surface area contributed by atoms with E-state index in [4.69, 9.17) is 11.6 Å². The number of fused-ring (bicyclic) bond motifs is 1. The van der Waals surface area contributed by atoms with Crippen LogP contribution in [0.15, 0.2) is 66.9 Å². The molecule has 0 saturated carbocycles. The Morgan fingerprint density at radius 3 is 2.59 bits per heavy atom. The van der Waals surface area contributed by atoms with Crippen LogP contribution in [0, 0.1) is 0 Å². The minimum Gasteiger partial charge on any atom is -0.352 e. The van der Waals surface area contributed by atoms with E-state index in [9.17, 15) is 4.79 Å². The van der Waals surface area contributed by atoms with Gasteiger partial charge in [-0.05, 0) is 60.5 Å². The molecule has 7 heteroatoms. The Kier molecular flexibility index (Phi) is 4.80. The number of nitrogens with one attached hydrogen (secondary N) is 1. The van der Waals surface area contributed by atoms with Crippen LogP contribution in [0.25, 0.3) is 16.9 Å². The van der Waals surface area contributed by atoms with Crippen LogP contribution in [-0.2, 0) is 6.42 Å². The largest absolute Gasteiger partial charge is 0.352 e. The Morgan fingerprint density at radius 1 is 1.04 bits per heavy atom. The van der Waals surface area contributed by atoms with Gasteiger partial charge >= 0.3 is 0 Å². The SMILES string of the molecule is O=C(NCCc1ccc(Cl)cc1)c1ccc(-n2nnc3cccnc32)cc1. The first-order valence-electron chi connectivity index (χ1n) is 8.50. The number of carbonyl (C=O) groups is 1. The second kappa shape index (κ2) is 7.55. The maximum atomic E-state index is 12.3. The Morgan fingerprint density at radius 2 is 1.81 bits per heavy atom. The lowest BCUT2D eigenvalue weighted by Gasteiger charge is -2.07. The predicted octanol–water partition coefficient (Wildman–Crippen LogP) is 3.44. The van der Waals surface area contributed by atoms with Crippen molar-refractivity contribution in [2.45, 2.75) is 6.42 Å². The summed E-state index contributed by atoms with van der Waals surface area (Å²) in [6.07, 6.45) is 2.45. The van der Waals surface area contributed by atoms with E-state index in [0.717, 1.165) is 23.2 Å². The van der Waals surface area contributed by atoms with Crippen LogP contribution in [0.4, 0.5) is 0 Å². The highest BCUT2D eigenvalue weighted by Crippen LogP contribution is 2.14. The highest BCUT2D eigenvalue weighted by Gasteiger charge is 2.09. The van der Waals surface area contributed by atoms with Gasteiger partial charge in [-0.15, -0.1) is 5.10 Å². The molecule has 134 valence electrons. The van der Waals surface area contributed by atoms with Crippen molar-refractivity contribution in [3.8, 4) is 5.69 Å². The van der Waals surface area contributed by atoms with E-state index in [2.05, 4.69) is 20.6 Å². The van der Waals surface area contributed by atoms with Crippen LogP contribution in [0.5, 0.6) is 0 Å². The number of nitrogens with zero attached hydrogens (tertiary/aromatic N) is 4. The number of aromatic nitrogens is 4. The second-order valence-corrected chi connectivity index (χ2v) is 6.46. The minimum absolute atomic E-state index is 0.114. The standard InChI is InChI=1S/C20H16ClN5O/c21-16-7-3-14(4-8-16)11-13-23-20(27)15-5-9-17(10-6-15)26-19-18(24-25-26)2-1-12-22-19/h1-10,12H,11,13H2,(H,23,27). The summed E-state index contributed by atoms with van der Waals surface area (Å²) in [6, 6.07) is 18.5. The van der Waals surface area contributed by atoms with Gasteiger partial charge in [-0.2, -0.15) is 4.68 Å². The molecule has 0 aliphatic carbocycles. The van der Waals surface area contributed by atoms with Crippen molar-refractivity contribution in [3.05, 3.63) is 83.0 Å². The molecule has 0 fully saturated rings. The summed E-state index contributed by atoms with van der Waals surface area (Å²) in [5.41, 5.74) is 3.92. The van der Waals surface area contributed by atoms with E-state index in [0.29, 0.717) is 22.8 Å². The van der Waals surface area contributed by atoms with Gasteiger partial charge in [0.2, 0.25) is 0 Å². The topological polar surface area (TPSA) is 72.7 Å². The number of amides is 1. The summed E-state index contributed by atoms with van der Waals surface area (Å²) >= 11 is 5.87. The number of carbonyl (C=O) groups excluding carboxylic acids is 1. The molecule has 4 rings (SSSR count). The highest BCUT2D eigenvalue weighted by molar-refractivity contribution is 6.30. The van der Waals surface area contributed by atoms with Crippen molar-refractivity contribution >= 4 is 28.7 Å². The van der Waals surface area contributed by atoms with Crippen molar-refractivity contribution in [1.29, 1.82) is 0 Å². The van der Waals surface area contributed by atoms with Crippen LogP contribution in [-0.4, -0.2) is 32.4 Å². The second-order valence-electron chi connectivity index (χ2n) is 6.03. The molecule has 0 bridgehead atoms. The van der Waals surface area contributed by atoms with Crippen molar-refractivity contribution in [2.75, 3.05) is 6.54 Å². The molecule has 0 aliphatic rings. The van der Waals surface area contributed by atoms with Gasteiger partial charge < -0.3 is 5.32 Å². The molecule has 0 atom stereocenters. The zero-order chi connectivity index (χ0) is 18.6. The molecule has 27 heavy (non-hydrogen) atoms. The summed E-state index contributed by atoms with van der Waals surface area (Å²) in [5, 5.41) is 11.8. The molecule has 2 aromatic heterocycles. The quantitative estimate of drug-likeness (QED) is 0.578. The van der Waals surface area contributed by atoms with Gasteiger partial charge in [-0.25, -0.2) is 4.98 Å². The fraction of sp³-hybridized carbons (Fsp3) is 0.100. The lowest BCUT2D eigenvalue weighted by atomic mass is 10.1. The number of benzene rings is 2. The minimum atomic E-state index is -0.114. The number of rotatable bonds is 5. The number of hydrogen-bond acceptors (Lipinski definition) is 4. The van der Waals surface area contributed by atoms with Crippen molar-refractivity contribution in [1.82, 2.24) is 25.3 Å². The molecule has 0 spiro atoms. The molecule has 1 amide bonds. The zero-order valence-corrected chi connectivity index (χ0v) is 15.1. The summed E-state index contributed by atoms with van der Waals surface area (Å²) in [6.45, 7) is 0.555. The Balaban J connectivity index is 1.41. The van der Waals surface area contributed by atoms with Gasteiger partial charge in [0.25, 0.3) is 5.91 Å². The van der Waals surface area contributed by atoms with E-state index in [1.807, 2.05) is 48.5 Å². The number of pyridine rings is 1. The number of halogens is 1. The average molecular weight is 378 g/mol. The first-order chi connectivity index (χ1) is 13.2. The molecule has 4 aromatic rings. The van der Waals surface area contributed by atoms with Gasteiger partial charge in [0.1, 0.15) is 5.52 Å². The summed E-state index contributed by atoms with van der Waals surface area (Å²) in [4.78, 5) is 16.6. The van der Waals surface area contributed by atoms with Crippen LogP contribution < -0.4 is 5.32 Å². The number of hydrogen-bond donors (Lipinski definition) is 1. The lowest BCUT2D eigenvalue weighted by molar-refractivity contribution is 0.0954. The molecule has 0 saturated heterocycles. The van der Waals surface area contributed by atoms with Crippen LogP contribution in [0.1, 0.15) is 15.9 Å². The third-order valence-electron chi connectivity index (χ3n) is 4.20. The van der Waals surface area contributed by atoms with Gasteiger partial charge in [0, 0.05) is 23.3 Å². The average Bonchev–Trinajstić information content (AvgIpc) is 3.14. The van der Waals surface area contributed by atoms with Crippen molar-refractivity contribution in [3.63, 3.8) is 0 Å². The van der Waals surface area contributed by atoms with Crippen LogP contribution in [0.2, 0.25) is 5.02 Å².